The summed E-state index contributed by atoms with van der Waals surface area (Å²) in [5, 5.41) is 10.4. The lowest BCUT2D eigenvalue weighted by Gasteiger charge is -2.24. The van der Waals surface area contributed by atoms with Crippen LogP contribution in [0.15, 0.2) is 18.5 Å². The molecule has 2 N–H and O–H groups in total. The zero-order valence-electron chi connectivity index (χ0n) is 13.4. The largest absolute Gasteiger partial charge is 0.476 e. The van der Waals surface area contributed by atoms with E-state index in [2.05, 4.69) is 25.5 Å². The number of H-pyrrole nitrogens is 1. The number of ether oxygens (including phenoxy) is 3. The second-order valence-electron chi connectivity index (χ2n) is 6.18. The Balaban J connectivity index is 1.34. The van der Waals surface area contributed by atoms with E-state index in [9.17, 15) is 0 Å². The van der Waals surface area contributed by atoms with Crippen molar-refractivity contribution in [2.45, 2.75) is 18.8 Å². The SMILES string of the molecule is c1ncc(OCC2CCOCC2)nc1Nc1cc(C2COC2)[nH]n1. The zero-order valence-corrected chi connectivity index (χ0v) is 13.4. The lowest BCUT2D eigenvalue weighted by atomic mass is 10.0. The molecule has 0 aliphatic carbocycles. The molecule has 4 heterocycles. The van der Waals surface area contributed by atoms with E-state index >= 15 is 0 Å². The van der Waals surface area contributed by atoms with Crippen LogP contribution in [0.3, 0.4) is 0 Å². The van der Waals surface area contributed by atoms with Gasteiger partial charge in [-0.25, -0.2) is 0 Å². The highest BCUT2D eigenvalue weighted by Crippen LogP contribution is 2.25. The van der Waals surface area contributed by atoms with Crippen molar-refractivity contribution in [3.8, 4) is 5.88 Å². The van der Waals surface area contributed by atoms with E-state index in [-0.39, 0.29) is 0 Å². The monoisotopic (exact) mass is 331 g/mol. The summed E-state index contributed by atoms with van der Waals surface area (Å²) in [5.74, 6) is 2.79. The van der Waals surface area contributed by atoms with Crippen LogP contribution in [0.5, 0.6) is 5.88 Å². The van der Waals surface area contributed by atoms with E-state index in [1.54, 1.807) is 12.4 Å². The Labute approximate surface area is 139 Å². The first-order valence-electron chi connectivity index (χ1n) is 8.29. The van der Waals surface area contributed by atoms with Gasteiger partial charge in [-0.3, -0.25) is 10.1 Å². The average Bonchev–Trinajstić information content (AvgIpc) is 3.00. The molecule has 0 radical (unpaired) electrons. The maximum Gasteiger partial charge on any atom is 0.234 e. The van der Waals surface area contributed by atoms with Gasteiger partial charge in [-0.2, -0.15) is 10.1 Å². The van der Waals surface area contributed by atoms with E-state index in [1.807, 2.05) is 6.07 Å². The summed E-state index contributed by atoms with van der Waals surface area (Å²) in [5.41, 5.74) is 1.07. The molecule has 0 bridgehead atoms. The summed E-state index contributed by atoms with van der Waals surface area (Å²) >= 11 is 0. The molecule has 2 aromatic rings. The minimum Gasteiger partial charge on any atom is -0.476 e. The Kier molecular flexibility index (Phi) is 4.57. The third-order valence-electron chi connectivity index (χ3n) is 4.35. The van der Waals surface area contributed by atoms with Crippen LogP contribution in [-0.4, -0.2) is 53.2 Å². The number of hydrogen-bond donors (Lipinski definition) is 2. The van der Waals surface area contributed by atoms with E-state index in [1.165, 1.54) is 0 Å². The van der Waals surface area contributed by atoms with Gasteiger partial charge in [0.05, 0.1) is 32.2 Å². The molecule has 4 rings (SSSR count). The van der Waals surface area contributed by atoms with Gasteiger partial charge < -0.3 is 19.5 Å². The van der Waals surface area contributed by atoms with Gasteiger partial charge in [-0.05, 0) is 18.8 Å². The number of nitrogens with one attached hydrogen (secondary N) is 2. The van der Waals surface area contributed by atoms with E-state index in [0.29, 0.717) is 36.0 Å². The van der Waals surface area contributed by atoms with Gasteiger partial charge in [0.25, 0.3) is 0 Å². The quantitative estimate of drug-likeness (QED) is 0.834. The van der Waals surface area contributed by atoms with Crippen molar-refractivity contribution in [3.05, 3.63) is 24.2 Å². The first-order valence-corrected chi connectivity index (χ1v) is 8.29. The number of anilines is 2. The van der Waals surface area contributed by atoms with Crippen LogP contribution in [0, 0.1) is 5.92 Å². The predicted octanol–water partition coefficient (Wildman–Crippen LogP) is 1.86. The van der Waals surface area contributed by atoms with Crippen molar-refractivity contribution in [1.82, 2.24) is 20.2 Å². The smallest absolute Gasteiger partial charge is 0.234 e. The second kappa shape index (κ2) is 7.14. The molecule has 2 aliphatic rings. The summed E-state index contributed by atoms with van der Waals surface area (Å²) in [6, 6.07) is 1.98. The molecular formula is C16H21N5O3. The molecule has 8 nitrogen and oxygen atoms in total. The van der Waals surface area contributed by atoms with Crippen LogP contribution in [0.1, 0.15) is 24.5 Å². The van der Waals surface area contributed by atoms with Crippen molar-refractivity contribution in [2.24, 2.45) is 5.92 Å². The maximum absolute atomic E-state index is 5.78. The van der Waals surface area contributed by atoms with Crippen molar-refractivity contribution < 1.29 is 14.2 Å². The Bertz CT molecular complexity index is 667. The molecule has 128 valence electrons. The van der Waals surface area contributed by atoms with Crippen LogP contribution in [0.2, 0.25) is 0 Å². The van der Waals surface area contributed by atoms with Crippen LogP contribution >= 0.6 is 0 Å². The molecule has 8 heteroatoms. The predicted molar refractivity (Wildman–Crippen MR) is 86.5 cm³/mol. The van der Waals surface area contributed by atoms with Crippen LogP contribution < -0.4 is 10.1 Å². The van der Waals surface area contributed by atoms with Gasteiger partial charge in [0.15, 0.2) is 11.6 Å². The van der Waals surface area contributed by atoms with Gasteiger partial charge in [-0.1, -0.05) is 0 Å². The molecule has 2 fully saturated rings. The van der Waals surface area contributed by atoms with Gasteiger partial charge >= 0.3 is 0 Å². The summed E-state index contributed by atoms with van der Waals surface area (Å²) in [6.45, 7) is 3.77. The van der Waals surface area contributed by atoms with Crippen LogP contribution in [0.4, 0.5) is 11.6 Å². The number of rotatable bonds is 6. The minimum atomic E-state index is 0.410. The molecule has 0 amide bonds. The molecule has 24 heavy (non-hydrogen) atoms. The van der Waals surface area contributed by atoms with Gasteiger partial charge in [0.2, 0.25) is 5.88 Å². The highest BCUT2D eigenvalue weighted by Gasteiger charge is 2.22. The summed E-state index contributed by atoms with van der Waals surface area (Å²) in [7, 11) is 0. The summed E-state index contributed by atoms with van der Waals surface area (Å²) < 4.78 is 16.3. The van der Waals surface area contributed by atoms with E-state index in [4.69, 9.17) is 14.2 Å². The van der Waals surface area contributed by atoms with Crippen LogP contribution in [-0.2, 0) is 9.47 Å². The fourth-order valence-electron chi connectivity index (χ4n) is 2.75. The Hall–Kier alpha value is -2.19. The standard InChI is InChI=1S/C16H21N5O3/c1-3-22-4-2-11(1)8-24-16-7-17-6-15(19-16)18-14-5-13(20-21-14)12-9-23-10-12/h5-7,11-12H,1-4,8-10H2,(H2,18,19,20,21). The third-order valence-corrected chi connectivity index (χ3v) is 4.35. The molecule has 0 atom stereocenters. The third kappa shape index (κ3) is 3.65. The lowest BCUT2D eigenvalue weighted by molar-refractivity contribution is 0.00670. The van der Waals surface area contributed by atoms with Gasteiger partial charge in [-0.15, -0.1) is 0 Å². The molecule has 0 spiro atoms. The molecule has 0 unspecified atom stereocenters. The highest BCUT2D eigenvalue weighted by molar-refractivity contribution is 5.51. The number of aromatic amines is 1. The summed E-state index contributed by atoms with van der Waals surface area (Å²) in [4.78, 5) is 8.62. The normalized spacial score (nSPS) is 19.0. The molecule has 2 saturated heterocycles. The molecule has 2 aliphatic heterocycles. The Morgan fingerprint density at radius 3 is 2.83 bits per heavy atom. The number of aromatic nitrogens is 4. The maximum atomic E-state index is 5.78. The number of nitrogens with zero attached hydrogens (tertiary/aromatic N) is 3. The Morgan fingerprint density at radius 2 is 2.04 bits per heavy atom. The van der Waals surface area contributed by atoms with Crippen LogP contribution in [0.25, 0.3) is 0 Å². The fourth-order valence-corrected chi connectivity index (χ4v) is 2.75. The zero-order chi connectivity index (χ0) is 16.2. The minimum absolute atomic E-state index is 0.410. The fraction of sp³-hybridized carbons (Fsp3) is 0.562. The first kappa shape index (κ1) is 15.3. The molecule has 0 saturated carbocycles. The first-order chi connectivity index (χ1) is 11.9. The highest BCUT2D eigenvalue weighted by atomic mass is 16.5. The molecular weight excluding hydrogens is 310 g/mol. The van der Waals surface area contributed by atoms with E-state index < -0.39 is 0 Å². The topological polar surface area (TPSA) is 94.2 Å². The van der Waals surface area contributed by atoms with Crippen molar-refractivity contribution >= 4 is 11.6 Å². The van der Waals surface area contributed by atoms with Gasteiger partial charge in [0.1, 0.15) is 0 Å². The van der Waals surface area contributed by atoms with E-state index in [0.717, 1.165) is 45.0 Å². The summed E-state index contributed by atoms with van der Waals surface area (Å²) in [6.07, 6.45) is 5.35. The van der Waals surface area contributed by atoms with Crippen molar-refractivity contribution in [1.29, 1.82) is 0 Å². The van der Waals surface area contributed by atoms with Crippen molar-refractivity contribution in [2.75, 3.05) is 38.4 Å². The van der Waals surface area contributed by atoms with Crippen molar-refractivity contribution in [3.63, 3.8) is 0 Å². The number of hydrogen-bond acceptors (Lipinski definition) is 7. The molecule has 2 aromatic heterocycles. The van der Waals surface area contributed by atoms with Gasteiger partial charge in [0, 0.05) is 30.9 Å². The second-order valence-corrected chi connectivity index (χ2v) is 6.18. The lowest BCUT2D eigenvalue weighted by Crippen LogP contribution is -2.25. The molecule has 0 aromatic carbocycles. The Morgan fingerprint density at radius 1 is 1.17 bits per heavy atom. The average molecular weight is 331 g/mol.